The zero-order valence-corrected chi connectivity index (χ0v) is 10.2. The van der Waals surface area contributed by atoms with Crippen molar-refractivity contribution in [3.8, 4) is 5.75 Å². The van der Waals surface area contributed by atoms with Crippen LogP contribution < -0.4 is 10.5 Å². The number of nitrogens with two attached hydrogens (primary N) is 1. The molecule has 2 nitrogen and oxygen atoms in total. The van der Waals surface area contributed by atoms with Crippen LogP contribution in [0, 0.1) is 12.8 Å². The molecule has 0 amide bonds. The molecular weight excluding hydrogens is 198 g/mol. The van der Waals surface area contributed by atoms with Crippen molar-refractivity contribution in [3.63, 3.8) is 0 Å². The summed E-state index contributed by atoms with van der Waals surface area (Å²) in [7, 11) is 0. The molecule has 0 aliphatic carbocycles. The van der Waals surface area contributed by atoms with Crippen molar-refractivity contribution in [3.05, 3.63) is 29.3 Å². The van der Waals surface area contributed by atoms with Gasteiger partial charge in [0.25, 0.3) is 0 Å². The first-order valence-corrected chi connectivity index (χ1v) is 6.19. The minimum absolute atomic E-state index is 0.338. The van der Waals surface area contributed by atoms with Crippen LogP contribution in [-0.2, 0) is 6.42 Å². The summed E-state index contributed by atoms with van der Waals surface area (Å²) in [6.45, 7) is 5.10. The van der Waals surface area contributed by atoms with Crippen LogP contribution in [-0.4, -0.2) is 12.6 Å². The van der Waals surface area contributed by atoms with Crippen LogP contribution in [0.15, 0.2) is 18.2 Å². The number of hydrogen-bond acceptors (Lipinski definition) is 2. The van der Waals surface area contributed by atoms with Gasteiger partial charge in [-0.15, -0.1) is 0 Å². The van der Waals surface area contributed by atoms with Crippen LogP contribution in [0.1, 0.15) is 30.9 Å². The van der Waals surface area contributed by atoms with Gasteiger partial charge in [0.2, 0.25) is 0 Å². The quantitative estimate of drug-likeness (QED) is 0.845. The van der Waals surface area contributed by atoms with E-state index in [9.17, 15) is 0 Å². The van der Waals surface area contributed by atoms with Gasteiger partial charge < -0.3 is 10.5 Å². The van der Waals surface area contributed by atoms with Crippen molar-refractivity contribution in [2.24, 2.45) is 11.7 Å². The molecule has 0 saturated carbocycles. The zero-order valence-electron chi connectivity index (χ0n) is 10.2. The average Bonchev–Trinajstić information content (AvgIpc) is 2.67. The molecule has 1 aliphatic heterocycles. The van der Waals surface area contributed by atoms with E-state index >= 15 is 0 Å². The lowest BCUT2D eigenvalue weighted by atomic mass is 9.96. The third kappa shape index (κ3) is 2.38. The van der Waals surface area contributed by atoms with Gasteiger partial charge in [-0.2, -0.15) is 0 Å². The number of rotatable bonds is 4. The Hall–Kier alpha value is -1.02. The van der Waals surface area contributed by atoms with E-state index in [1.54, 1.807) is 0 Å². The lowest BCUT2D eigenvalue weighted by molar-refractivity contribution is 0.193. The number of aryl methyl sites for hydroxylation is 1. The summed E-state index contributed by atoms with van der Waals surface area (Å²) in [5, 5.41) is 0. The highest BCUT2D eigenvalue weighted by Crippen LogP contribution is 2.32. The molecule has 0 fully saturated rings. The van der Waals surface area contributed by atoms with Gasteiger partial charge in [-0.25, -0.2) is 0 Å². The van der Waals surface area contributed by atoms with E-state index in [-0.39, 0.29) is 0 Å². The third-order valence-corrected chi connectivity index (χ3v) is 3.46. The van der Waals surface area contributed by atoms with Crippen molar-refractivity contribution in [1.82, 2.24) is 0 Å². The van der Waals surface area contributed by atoms with Gasteiger partial charge >= 0.3 is 0 Å². The van der Waals surface area contributed by atoms with Crippen LogP contribution in [0.25, 0.3) is 0 Å². The van der Waals surface area contributed by atoms with E-state index in [0.29, 0.717) is 12.0 Å². The van der Waals surface area contributed by atoms with Gasteiger partial charge in [0, 0.05) is 6.42 Å². The molecule has 1 aliphatic rings. The Morgan fingerprint density at radius 1 is 1.50 bits per heavy atom. The third-order valence-electron chi connectivity index (χ3n) is 3.46. The summed E-state index contributed by atoms with van der Waals surface area (Å²) in [6, 6.07) is 6.44. The average molecular weight is 219 g/mol. The van der Waals surface area contributed by atoms with Crippen molar-refractivity contribution >= 4 is 0 Å². The Morgan fingerprint density at radius 3 is 3.00 bits per heavy atom. The van der Waals surface area contributed by atoms with E-state index in [1.807, 2.05) is 0 Å². The predicted octanol–water partition coefficient (Wildman–Crippen LogP) is 2.67. The van der Waals surface area contributed by atoms with Gasteiger partial charge in [-0.1, -0.05) is 31.0 Å². The monoisotopic (exact) mass is 219 g/mol. The summed E-state index contributed by atoms with van der Waals surface area (Å²) in [5.41, 5.74) is 8.41. The van der Waals surface area contributed by atoms with Crippen molar-refractivity contribution in [1.29, 1.82) is 0 Å². The lowest BCUT2D eigenvalue weighted by Crippen LogP contribution is -2.23. The minimum atomic E-state index is 0.338. The fourth-order valence-electron chi connectivity index (χ4n) is 2.38. The molecule has 1 aromatic carbocycles. The van der Waals surface area contributed by atoms with Crippen LogP contribution >= 0.6 is 0 Å². The van der Waals surface area contributed by atoms with Crippen molar-refractivity contribution < 1.29 is 4.74 Å². The molecule has 88 valence electrons. The number of fused-ring (bicyclic) bond motifs is 1. The van der Waals surface area contributed by atoms with Crippen LogP contribution in [0.4, 0.5) is 0 Å². The smallest absolute Gasteiger partial charge is 0.123 e. The lowest BCUT2D eigenvalue weighted by Gasteiger charge is -2.17. The highest BCUT2D eigenvalue weighted by Gasteiger charge is 2.24. The molecule has 2 heteroatoms. The van der Waals surface area contributed by atoms with E-state index in [4.69, 9.17) is 10.5 Å². The normalized spacial score (nSPS) is 20.3. The van der Waals surface area contributed by atoms with Crippen molar-refractivity contribution in [2.45, 2.75) is 39.2 Å². The molecular formula is C14H21NO. The summed E-state index contributed by atoms with van der Waals surface area (Å²) in [6.07, 6.45) is 3.62. The first-order chi connectivity index (χ1) is 7.72. The summed E-state index contributed by atoms with van der Waals surface area (Å²) in [4.78, 5) is 0. The fraction of sp³-hybridized carbons (Fsp3) is 0.571. The van der Waals surface area contributed by atoms with Gasteiger partial charge in [0.05, 0.1) is 0 Å². The molecule has 0 bridgehead atoms. The summed E-state index contributed by atoms with van der Waals surface area (Å²) >= 11 is 0. The van der Waals surface area contributed by atoms with Crippen LogP contribution in [0.5, 0.6) is 5.75 Å². The Balaban J connectivity index is 2.00. The topological polar surface area (TPSA) is 35.2 Å². The summed E-state index contributed by atoms with van der Waals surface area (Å²) in [5.74, 6) is 1.67. The molecule has 1 heterocycles. The second-order valence-corrected chi connectivity index (χ2v) is 4.80. The number of benzene rings is 1. The fourth-order valence-corrected chi connectivity index (χ4v) is 2.38. The maximum absolute atomic E-state index is 5.94. The molecule has 2 rings (SSSR count). The van der Waals surface area contributed by atoms with Crippen molar-refractivity contribution in [2.75, 3.05) is 6.54 Å². The maximum Gasteiger partial charge on any atom is 0.123 e. The standard InChI is InChI=1S/C14H21NO/c1-3-11(9-15)7-13-8-12-6-10(2)4-5-14(12)16-13/h4-6,11,13H,3,7-9,15H2,1-2H3. The van der Waals surface area contributed by atoms with E-state index in [2.05, 4.69) is 32.0 Å². The highest BCUT2D eigenvalue weighted by atomic mass is 16.5. The largest absolute Gasteiger partial charge is 0.490 e. The van der Waals surface area contributed by atoms with E-state index in [1.165, 1.54) is 11.1 Å². The molecule has 2 N–H and O–H groups in total. The molecule has 0 radical (unpaired) electrons. The zero-order chi connectivity index (χ0) is 11.5. The van der Waals surface area contributed by atoms with Gasteiger partial charge in [0.15, 0.2) is 0 Å². The Labute approximate surface area is 97.8 Å². The molecule has 0 spiro atoms. The number of ether oxygens (including phenoxy) is 1. The van der Waals surface area contributed by atoms with Crippen LogP contribution in [0.2, 0.25) is 0 Å². The Bertz CT molecular complexity index is 358. The highest BCUT2D eigenvalue weighted by molar-refractivity contribution is 5.40. The molecule has 0 saturated heterocycles. The maximum atomic E-state index is 5.94. The second kappa shape index (κ2) is 4.88. The minimum Gasteiger partial charge on any atom is -0.490 e. The van der Waals surface area contributed by atoms with Gasteiger partial charge in [-0.3, -0.25) is 0 Å². The first-order valence-electron chi connectivity index (χ1n) is 6.19. The Kier molecular flexibility index (Phi) is 3.49. The second-order valence-electron chi connectivity index (χ2n) is 4.80. The van der Waals surface area contributed by atoms with E-state index in [0.717, 1.165) is 31.6 Å². The SMILES string of the molecule is CCC(CN)CC1Cc2cc(C)ccc2O1. The number of hydrogen-bond donors (Lipinski definition) is 1. The van der Waals surface area contributed by atoms with Crippen LogP contribution in [0.3, 0.4) is 0 Å². The predicted molar refractivity (Wildman–Crippen MR) is 66.8 cm³/mol. The molecule has 16 heavy (non-hydrogen) atoms. The molecule has 0 aromatic heterocycles. The van der Waals surface area contributed by atoms with Gasteiger partial charge in [-0.05, 0) is 37.4 Å². The first kappa shape index (κ1) is 11.5. The van der Waals surface area contributed by atoms with E-state index < -0.39 is 0 Å². The van der Waals surface area contributed by atoms with Gasteiger partial charge in [0.1, 0.15) is 11.9 Å². The Morgan fingerprint density at radius 2 is 2.31 bits per heavy atom. The molecule has 2 unspecified atom stereocenters. The summed E-state index contributed by atoms with van der Waals surface area (Å²) < 4.78 is 5.94. The molecule has 1 aromatic rings. The molecule has 2 atom stereocenters.